The van der Waals surface area contributed by atoms with Crippen LogP contribution in [0.2, 0.25) is 0 Å². The van der Waals surface area contributed by atoms with E-state index in [9.17, 15) is 15.3 Å². The highest BCUT2D eigenvalue weighted by molar-refractivity contribution is 5.18. The first-order valence-corrected chi connectivity index (χ1v) is 3.93. The number of rotatable bonds is 1. The maximum absolute atomic E-state index is 9.29. The van der Waals surface area contributed by atoms with Gasteiger partial charge in [0.1, 0.15) is 12.2 Å². The van der Waals surface area contributed by atoms with Crippen LogP contribution in [0, 0.1) is 5.92 Å². The molecule has 0 aliphatic heterocycles. The Morgan fingerprint density at radius 3 is 2.33 bits per heavy atom. The predicted molar refractivity (Wildman–Crippen MR) is 42.4 cm³/mol. The fraction of sp³-hybridized carbons (Fsp3) is 0.750. The second-order valence-corrected chi connectivity index (χ2v) is 3.18. The molecule has 4 heteroatoms. The average molecular weight is 174 g/mol. The van der Waals surface area contributed by atoms with Gasteiger partial charge in [-0.3, -0.25) is 0 Å². The normalized spacial score (nSPS) is 42.6. The van der Waals surface area contributed by atoms with Gasteiger partial charge in [-0.2, -0.15) is 0 Å². The molecule has 0 spiro atoms. The van der Waals surface area contributed by atoms with Crippen molar-refractivity contribution in [1.29, 1.82) is 0 Å². The molecule has 1 unspecified atom stereocenters. The van der Waals surface area contributed by atoms with Crippen molar-refractivity contribution in [3.05, 3.63) is 11.6 Å². The molecule has 0 fully saturated rings. The number of aliphatic hydroxyl groups is 4. The fourth-order valence-corrected chi connectivity index (χ4v) is 1.40. The summed E-state index contributed by atoms with van der Waals surface area (Å²) in [6, 6.07) is 0. The third-order valence-corrected chi connectivity index (χ3v) is 2.25. The topological polar surface area (TPSA) is 80.9 Å². The first-order valence-electron chi connectivity index (χ1n) is 3.93. The first-order chi connectivity index (χ1) is 5.57. The summed E-state index contributed by atoms with van der Waals surface area (Å²) < 4.78 is 0. The molecule has 4 N–H and O–H groups in total. The van der Waals surface area contributed by atoms with E-state index in [4.69, 9.17) is 5.11 Å². The lowest BCUT2D eigenvalue weighted by atomic mass is 9.85. The van der Waals surface area contributed by atoms with Crippen LogP contribution in [0.1, 0.15) is 6.92 Å². The van der Waals surface area contributed by atoms with Crippen molar-refractivity contribution in [2.45, 2.75) is 25.2 Å². The Balaban J connectivity index is 2.84. The third-order valence-electron chi connectivity index (χ3n) is 2.25. The minimum absolute atomic E-state index is 0.231. The summed E-state index contributed by atoms with van der Waals surface area (Å²) in [7, 11) is 0. The Labute approximate surface area is 70.8 Å². The average Bonchev–Trinajstić information content (AvgIpc) is 2.08. The van der Waals surface area contributed by atoms with E-state index in [2.05, 4.69) is 0 Å². The smallest absolute Gasteiger partial charge is 0.110 e. The van der Waals surface area contributed by atoms with Gasteiger partial charge in [0.2, 0.25) is 0 Å². The van der Waals surface area contributed by atoms with E-state index >= 15 is 0 Å². The van der Waals surface area contributed by atoms with Crippen molar-refractivity contribution in [3.63, 3.8) is 0 Å². The first kappa shape index (κ1) is 9.67. The zero-order valence-electron chi connectivity index (χ0n) is 6.88. The molecule has 0 aromatic rings. The van der Waals surface area contributed by atoms with Crippen molar-refractivity contribution in [3.8, 4) is 0 Å². The molecule has 0 heterocycles. The van der Waals surface area contributed by atoms with E-state index in [0.29, 0.717) is 5.57 Å². The second kappa shape index (κ2) is 3.53. The van der Waals surface area contributed by atoms with E-state index in [0.717, 1.165) is 0 Å². The monoisotopic (exact) mass is 174 g/mol. The molecular weight excluding hydrogens is 160 g/mol. The van der Waals surface area contributed by atoms with E-state index in [1.165, 1.54) is 0 Å². The van der Waals surface area contributed by atoms with Crippen molar-refractivity contribution in [2.24, 2.45) is 5.92 Å². The van der Waals surface area contributed by atoms with Crippen LogP contribution >= 0.6 is 0 Å². The van der Waals surface area contributed by atoms with Gasteiger partial charge in [-0.1, -0.05) is 13.0 Å². The highest BCUT2D eigenvalue weighted by atomic mass is 16.4. The molecule has 0 aromatic carbocycles. The van der Waals surface area contributed by atoms with Crippen molar-refractivity contribution >= 4 is 0 Å². The van der Waals surface area contributed by atoms with Crippen LogP contribution in [0.3, 0.4) is 0 Å². The summed E-state index contributed by atoms with van der Waals surface area (Å²) in [5, 5.41) is 36.6. The van der Waals surface area contributed by atoms with Gasteiger partial charge < -0.3 is 20.4 Å². The Morgan fingerprint density at radius 1 is 1.25 bits per heavy atom. The van der Waals surface area contributed by atoms with Crippen molar-refractivity contribution < 1.29 is 20.4 Å². The molecule has 0 aromatic heterocycles. The molecule has 70 valence electrons. The molecular formula is C8H14O4. The van der Waals surface area contributed by atoms with Gasteiger partial charge in [-0.15, -0.1) is 0 Å². The predicted octanol–water partition coefficient (Wildman–Crippen LogP) is -1.36. The van der Waals surface area contributed by atoms with Gasteiger partial charge in [0.15, 0.2) is 0 Å². The van der Waals surface area contributed by atoms with E-state index in [1.807, 2.05) is 0 Å². The number of aliphatic hydroxyl groups excluding tert-OH is 4. The summed E-state index contributed by atoms with van der Waals surface area (Å²) in [6.07, 6.45) is -1.69. The lowest BCUT2D eigenvalue weighted by molar-refractivity contribution is -0.0699. The fourth-order valence-electron chi connectivity index (χ4n) is 1.40. The lowest BCUT2D eigenvalue weighted by Crippen LogP contribution is -2.45. The largest absolute Gasteiger partial charge is 0.392 e. The Hall–Kier alpha value is -0.420. The molecule has 4 nitrogen and oxygen atoms in total. The highest BCUT2D eigenvalue weighted by Gasteiger charge is 2.34. The Kier molecular flexibility index (Phi) is 2.85. The van der Waals surface area contributed by atoms with Crippen molar-refractivity contribution in [1.82, 2.24) is 0 Å². The summed E-state index contributed by atoms with van der Waals surface area (Å²) in [6.45, 7) is 1.44. The van der Waals surface area contributed by atoms with Crippen LogP contribution in [0.5, 0.6) is 0 Å². The molecule has 0 saturated heterocycles. The zero-order valence-corrected chi connectivity index (χ0v) is 6.88. The lowest BCUT2D eigenvalue weighted by Gasteiger charge is -2.32. The molecule has 12 heavy (non-hydrogen) atoms. The van der Waals surface area contributed by atoms with Crippen LogP contribution < -0.4 is 0 Å². The SMILES string of the molecule is C[C@@H]1C=C(CO)[C@@H](O)C(O)[C@@H]1O. The molecule has 0 saturated carbocycles. The van der Waals surface area contributed by atoms with E-state index < -0.39 is 18.3 Å². The van der Waals surface area contributed by atoms with Gasteiger partial charge in [0, 0.05) is 5.92 Å². The molecule has 0 radical (unpaired) electrons. The van der Waals surface area contributed by atoms with Crippen LogP contribution in [0.4, 0.5) is 0 Å². The molecule has 1 rings (SSSR count). The third kappa shape index (κ3) is 1.51. The quantitative estimate of drug-likeness (QED) is 0.370. The highest BCUT2D eigenvalue weighted by Crippen LogP contribution is 2.23. The van der Waals surface area contributed by atoms with Crippen LogP contribution in [0.15, 0.2) is 11.6 Å². The molecule has 1 aliphatic rings. The van der Waals surface area contributed by atoms with Crippen LogP contribution in [0.25, 0.3) is 0 Å². The standard InChI is InChI=1S/C8H14O4/c1-4-2-5(3-9)7(11)8(12)6(4)10/h2,4,6-12H,3H2,1H3/t4-,6-,7-,8?/m1/s1. The Bertz CT molecular complexity index is 189. The zero-order chi connectivity index (χ0) is 9.30. The van der Waals surface area contributed by atoms with E-state index in [-0.39, 0.29) is 12.5 Å². The summed E-state index contributed by atoms with van der Waals surface area (Å²) in [5.74, 6) is -0.231. The van der Waals surface area contributed by atoms with Gasteiger partial charge >= 0.3 is 0 Å². The van der Waals surface area contributed by atoms with E-state index in [1.54, 1.807) is 13.0 Å². The van der Waals surface area contributed by atoms with Crippen LogP contribution in [-0.2, 0) is 0 Å². The summed E-state index contributed by atoms with van der Waals surface area (Å²) in [4.78, 5) is 0. The minimum Gasteiger partial charge on any atom is -0.392 e. The maximum atomic E-state index is 9.29. The maximum Gasteiger partial charge on any atom is 0.110 e. The summed E-state index contributed by atoms with van der Waals surface area (Å²) >= 11 is 0. The Morgan fingerprint density at radius 2 is 1.83 bits per heavy atom. The van der Waals surface area contributed by atoms with Gasteiger partial charge in [-0.25, -0.2) is 0 Å². The van der Waals surface area contributed by atoms with Crippen molar-refractivity contribution in [2.75, 3.05) is 6.61 Å². The molecule has 0 amide bonds. The van der Waals surface area contributed by atoms with Gasteiger partial charge in [0.05, 0.1) is 12.7 Å². The molecule has 0 bridgehead atoms. The molecule has 4 atom stereocenters. The van der Waals surface area contributed by atoms with Crippen LogP contribution in [-0.4, -0.2) is 45.3 Å². The number of hydrogen-bond donors (Lipinski definition) is 4. The number of hydrogen-bond acceptors (Lipinski definition) is 4. The second-order valence-electron chi connectivity index (χ2n) is 3.18. The molecule has 1 aliphatic carbocycles. The minimum atomic E-state index is -1.19. The summed E-state index contributed by atoms with van der Waals surface area (Å²) in [5.41, 5.74) is 0.375. The van der Waals surface area contributed by atoms with Gasteiger partial charge in [-0.05, 0) is 5.57 Å². The van der Waals surface area contributed by atoms with Gasteiger partial charge in [0.25, 0.3) is 0 Å².